The van der Waals surface area contributed by atoms with E-state index in [0.29, 0.717) is 37.7 Å². The Morgan fingerprint density at radius 1 is 1.09 bits per heavy atom. The zero-order chi connectivity index (χ0) is 32.7. The van der Waals surface area contributed by atoms with Crippen molar-refractivity contribution in [3.05, 3.63) is 88.3 Å². The van der Waals surface area contributed by atoms with E-state index in [1.807, 2.05) is 51.1 Å². The van der Waals surface area contributed by atoms with E-state index in [-0.39, 0.29) is 28.8 Å². The molecule has 3 aromatic rings. The number of sulfone groups is 1. The number of hydrogen-bond acceptors (Lipinski definition) is 7. The summed E-state index contributed by atoms with van der Waals surface area (Å²) in [4.78, 5) is 25.8. The predicted molar refractivity (Wildman–Crippen MR) is 160 cm³/mol. The van der Waals surface area contributed by atoms with Crippen molar-refractivity contribution < 1.29 is 40.4 Å². The van der Waals surface area contributed by atoms with E-state index in [0.717, 1.165) is 42.0 Å². The molecule has 1 saturated carbocycles. The average Bonchev–Trinajstić information content (AvgIpc) is 3.71. The van der Waals surface area contributed by atoms with Crippen molar-refractivity contribution in [3.8, 4) is 0 Å². The van der Waals surface area contributed by atoms with Crippen LogP contribution in [0.25, 0.3) is 5.70 Å². The van der Waals surface area contributed by atoms with Gasteiger partial charge in [-0.1, -0.05) is 41.1 Å². The molecule has 0 saturated heterocycles. The third-order valence-electron chi connectivity index (χ3n) is 6.61. The SMILES string of the molecule is CCOCCN(C(=O)CCl)C(=C(C)C)c1ccccc1.CS(=O)(=O)c1cc(C(F)(F)F)ccc1C(=O)c1cnoc1C1CC1. The summed E-state index contributed by atoms with van der Waals surface area (Å²) >= 11 is 5.74. The van der Waals surface area contributed by atoms with Crippen LogP contribution < -0.4 is 0 Å². The lowest BCUT2D eigenvalue weighted by Crippen LogP contribution is -2.34. The van der Waals surface area contributed by atoms with Crippen LogP contribution in [0.1, 0.15) is 72.3 Å². The number of hydrogen-bond donors (Lipinski definition) is 0. The second-order valence-corrected chi connectivity index (χ2v) is 12.5. The molecule has 4 rings (SSSR count). The summed E-state index contributed by atoms with van der Waals surface area (Å²) in [5.41, 5.74) is 1.63. The number of carbonyl (C=O) groups is 2. The lowest BCUT2D eigenvalue weighted by atomic mass is 10.0. The summed E-state index contributed by atoms with van der Waals surface area (Å²) in [6.45, 7) is 7.58. The van der Waals surface area contributed by atoms with Crippen molar-refractivity contribution in [1.82, 2.24) is 10.1 Å². The maximum atomic E-state index is 12.8. The molecule has 0 spiro atoms. The Hall–Kier alpha value is -3.48. The minimum absolute atomic E-state index is 0.0320. The number of alkyl halides is 4. The first-order valence-electron chi connectivity index (χ1n) is 13.8. The van der Waals surface area contributed by atoms with Crippen LogP contribution in [0, 0.1) is 0 Å². The van der Waals surface area contributed by atoms with Gasteiger partial charge in [-0.05, 0) is 57.4 Å². The Morgan fingerprint density at radius 2 is 1.75 bits per heavy atom. The number of nitrogens with zero attached hydrogens (tertiary/aromatic N) is 2. The highest BCUT2D eigenvalue weighted by Crippen LogP contribution is 2.42. The molecule has 1 amide bonds. The highest BCUT2D eigenvalue weighted by Gasteiger charge is 2.36. The topological polar surface area (TPSA) is 107 Å². The van der Waals surface area contributed by atoms with Crippen LogP contribution in [0.3, 0.4) is 0 Å². The number of ketones is 1. The minimum atomic E-state index is -4.71. The lowest BCUT2D eigenvalue weighted by Gasteiger charge is -2.26. The number of ether oxygens (including phenoxy) is 1. The molecule has 1 heterocycles. The molecule has 0 N–H and O–H groups in total. The van der Waals surface area contributed by atoms with Crippen LogP contribution in [0.15, 0.2) is 69.7 Å². The summed E-state index contributed by atoms with van der Waals surface area (Å²) in [5.74, 6) is -0.462. The number of aromatic nitrogens is 1. The molecule has 0 bridgehead atoms. The summed E-state index contributed by atoms with van der Waals surface area (Å²) in [7, 11) is -4.04. The van der Waals surface area contributed by atoms with Gasteiger partial charge in [-0.25, -0.2) is 8.42 Å². The first-order chi connectivity index (χ1) is 20.7. The quantitative estimate of drug-likeness (QED) is 0.128. The van der Waals surface area contributed by atoms with Crippen LogP contribution in [0.4, 0.5) is 13.2 Å². The largest absolute Gasteiger partial charge is 0.416 e. The van der Waals surface area contributed by atoms with Crippen LogP contribution in [-0.2, 0) is 25.5 Å². The van der Waals surface area contributed by atoms with Gasteiger partial charge in [-0.15, -0.1) is 11.6 Å². The Morgan fingerprint density at radius 3 is 2.27 bits per heavy atom. The van der Waals surface area contributed by atoms with Gasteiger partial charge in [0.1, 0.15) is 5.88 Å². The summed E-state index contributed by atoms with van der Waals surface area (Å²) < 4.78 is 72.7. The molecule has 0 atom stereocenters. The van der Waals surface area contributed by atoms with Crippen molar-refractivity contribution in [1.29, 1.82) is 0 Å². The molecule has 2 aromatic carbocycles. The van der Waals surface area contributed by atoms with Gasteiger partial charge < -0.3 is 14.2 Å². The van der Waals surface area contributed by atoms with E-state index in [1.54, 1.807) is 4.90 Å². The molecule has 1 aromatic heterocycles. The molecule has 44 heavy (non-hydrogen) atoms. The maximum absolute atomic E-state index is 12.8. The van der Waals surface area contributed by atoms with Crippen molar-refractivity contribution in [2.45, 2.75) is 50.6 Å². The van der Waals surface area contributed by atoms with Gasteiger partial charge in [0, 0.05) is 36.6 Å². The predicted octanol–water partition coefficient (Wildman–Crippen LogP) is 6.75. The summed E-state index contributed by atoms with van der Waals surface area (Å²) in [6, 6.07) is 11.9. The Bertz CT molecular complexity index is 1600. The van der Waals surface area contributed by atoms with Gasteiger partial charge in [0.25, 0.3) is 0 Å². The fourth-order valence-electron chi connectivity index (χ4n) is 4.44. The Balaban J connectivity index is 0.000000245. The van der Waals surface area contributed by atoms with Crippen molar-refractivity contribution in [2.75, 3.05) is 31.9 Å². The van der Waals surface area contributed by atoms with Gasteiger partial charge in [-0.2, -0.15) is 13.2 Å². The number of rotatable bonds is 11. The Labute approximate surface area is 259 Å². The molecule has 0 aliphatic heterocycles. The standard InChI is InChI=1S/C16H22ClNO2.C15H12F3NO4S/c1-4-20-11-10-18(15(19)12-17)16(13(2)3)14-8-6-5-7-9-14;1-24(21,22)12-6-9(15(16,17)18)4-5-10(12)13(20)11-7-19-23-14(11)8-2-3-8/h5-9H,4,10-12H2,1-3H3;4-8H,2-3H2,1H3. The van der Waals surface area contributed by atoms with Crippen LogP contribution in [0.2, 0.25) is 0 Å². The third kappa shape index (κ3) is 9.02. The number of allylic oxidation sites excluding steroid dienone is 1. The monoisotopic (exact) mass is 654 g/mol. The van der Waals surface area contributed by atoms with Gasteiger partial charge >= 0.3 is 6.18 Å². The van der Waals surface area contributed by atoms with Crippen LogP contribution in [-0.4, -0.2) is 62.1 Å². The zero-order valence-corrected chi connectivity index (χ0v) is 26.4. The number of benzene rings is 2. The van der Waals surface area contributed by atoms with Gasteiger partial charge in [0.05, 0.1) is 28.8 Å². The normalized spacial score (nSPS) is 13.1. The highest BCUT2D eigenvalue weighted by molar-refractivity contribution is 7.90. The first kappa shape index (κ1) is 35.0. The van der Waals surface area contributed by atoms with E-state index in [4.69, 9.17) is 20.9 Å². The fourth-order valence-corrected chi connectivity index (χ4v) is 5.49. The second-order valence-electron chi connectivity index (χ2n) is 10.3. The van der Waals surface area contributed by atoms with Crippen molar-refractivity contribution in [3.63, 3.8) is 0 Å². The van der Waals surface area contributed by atoms with Crippen molar-refractivity contribution >= 4 is 38.8 Å². The Kier molecular flexibility index (Phi) is 11.9. The maximum Gasteiger partial charge on any atom is 0.416 e. The molecular formula is C31H34ClF3N2O6S. The molecular weight excluding hydrogens is 621 g/mol. The van der Waals surface area contributed by atoms with Gasteiger partial charge in [0.15, 0.2) is 21.4 Å². The number of halogens is 4. The molecule has 0 unspecified atom stereocenters. The highest BCUT2D eigenvalue weighted by atomic mass is 35.5. The zero-order valence-electron chi connectivity index (χ0n) is 24.8. The van der Waals surface area contributed by atoms with Crippen LogP contribution >= 0.6 is 11.6 Å². The molecule has 1 aliphatic rings. The summed E-state index contributed by atoms with van der Waals surface area (Å²) in [5, 5.41) is 3.55. The van der Waals surface area contributed by atoms with Gasteiger partial charge in [-0.3, -0.25) is 9.59 Å². The van der Waals surface area contributed by atoms with Crippen LogP contribution in [0.5, 0.6) is 0 Å². The first-order valence-corrected chi connectivity index (χ1v) is 16.2. The molecule has 238 valence electrons. The average molecular weight is 655 g/mol. The molecule has 8 nitrogen and oxygen atoms in total. The van der Waals surface area contributed by atoms with E-state index in [1.165, 1.54) is 6.20 Å². The molecule has 0 radical (unpaired) electrons. The van der Waals surface area contributed by atoms with Gasteiger partial charge in [0.2, 0.25) is 5.91 Å². The minimum Gasteiger partial charge on any atom is -0.380 e. The smallest absolute Gasteiger partial charge is 0.380 e. The van der Waals surface area contributed by atoms with E-state index >= 15 is 0 Å². The lowest BCUT2D eigenvalue weighted by molar-refractivity contribution is -0.137. The molecule has 13 heteroatoms. The molecule has 1 fully saturated rings. The third-order valence-corrected chi connectivity index (χ3v) is 7.98. The molecule has 1 aliphatic carbocycles. The van der Waals surface area contributed by atoms with E-state index < -0.39 is 32.3 Å². The number of amides is 1. The van der Waals surface area contributed by atoms with E-state index in [2.05, 4.69) is 5.16 Å². The van der Waals surface area contributed by atoms with Crippen molar-refractivity contribution in [2.24, 2.45) is 0 Å². The fraction of sp³-hybridized carbons (Fsp3) is 0.387. The number of carbonyl (C=O) groups excluding carboxylic acids is 2. The second kappa shape index (κ2) is 15.0. The summed E-state index contributed by atoms with van der Waals surface area (Å²) in [6.07, 6.45) is -1.14. The van der Waals surface area contributed by atoms with E-state index in [9.17, 15) is 31.2 Å².